The fourth-order valence-electron chi connectivity index (χ4n) is 1.39. The Bertz CT molecular complexity index is 190. The molecule has 0 saturated heterocycles. The lowest BCUT2D eigenvalue weighted by atomic mass is 9.86. The maximum Gasteiger partial charge on any atom is 0.270 e. The first-order chi connectivity index (χ1) is 5.11. The molecule has 0 spiro atoms. The summed E-state index contributed by atoms with van der Waals surface area (Å²) in [7, 11) is 0. The van der Waals surface area contributed by atoms with Crippen LogP contribution in [0.2, 0.25) is 0 Å². The van der Waals surface area contributed by atoms with Crippen LogP contribution in [0.4, 0.5) is 0 Å². The molecule has 11 heavy (non-hydrogen) atoms. The minimum absolute atomic E-state index is 0.201. The lowest BCUT2D eigenvalue weighted by Crippen LogP contribution is -2.35. The molecule has 0 radical (unpaired) electrons. The molecule has 1 aliphatic carbocycles. The quantitative estimate of drug-likeness (QED) is 0.421. The van der Waals surface area contributed by atoms with E-state index < -0.39 is 11.0 Å². The minimum atomic E-state index is -0.918. The monoisotopic (exact) mass is 157 g/mol. The molecule has 0 aromatic heterocycles. The van der Waals surface area contributed by atoms with Crippen molar-refractivity contribution < 1.29 is 9.72 Å². The molecule has 0 aromatic rings. The Labute approximate surface area is 64.7 Å². The molecule has 0 aliphatic heterocycles. The maximum atomic E-state index is 10.9. The van der Waals surface area contributed by atoms with E-state index in [0.29, 0.717) is 18.8 Å². The van der Waals surface area contributed by atoms with Crippen LogP contribution in [0, 0.1) is 16.0 Å². The summed E-state index contributed by atoms with van der Waals surface area (Å²) in [6, 6.07) is -0.918. The standard InChI is InChI=1S/C7H11NO3/c1-5-2-3-7(9)6(4-5)8(10)11/h5-6H,2-4H2,1H3. The zero-order chi connectivity index (χ0) is 8.43. The van der Waals surface area contributed by atoms with Gasteiger partial charge in [0.2, 0.25) is 5.78 Å². The second-order valence-corrected chi connectivity index (χ2v) is 3.15. The van der Waals surface area contributed by atoms with Crippen molar-refractivity contribution >= 4 is 5.78 Å². The van der Waals surface area contributed by atoms with Gasteiger partial charge in [-0.25, -0.2) is 0 Å². The number of ketones is 1. The van der Waals surface area contributed by atoms with Crippen molar-refractivity contribution in [3.05, 3.63) is 10.1 Å². The van der Waals surface area contributed by atoms with Crippen molar-refractivity contribution in [1.82, 2.24) is 0 Å². The number of rotatable bonds is 1. The number of nitrogens with zero attached hydrogens (tertiary/aromatic N) is 1. The van der Waals surface area contributed by atoms with Gasteiger partial charge in [-0.1, -0.05) is 6.92 Å². The Morgan fingerprint density at radius 1 is 1.64 bits per heavy atom. The van der Waals surface area contributed by atoms with Crippen LogP contribution in [-0.4, -0.2) is 16.7 Å². The molecule has 1 fully saturated rings. The highest BCUT2D eigenvalue weighted by atomic mass is 16.6. The topological polar surface area (TPSA) is 60.2 Å². The van der Waals surface area contributed by atoms with Gasteiger partial charge in [-0.15, -0.1) is 0 Å². The molecule has 0 heterocycles. The van der Waals surface area contributed by atoms with E-state index in [-0.39, 0.29) is 5.78 Å². The summed E-state index contributed by atoms with van der Waals surface area (Å²) < 4.78 is 0. The first kappa shape index (κ1) is 8.17. The van der Waals surface area contributed by atoms with Gasteiger partial charge in [0.05, 0.1) is 0 Å². The highest BCUT2D eigenvalue weighted by Crippen LogP contribution is 2.22. The lowest BCUT2D eigenvalue weighted by Gasteiger charge is -2.19. The van der Waals surface area contributed by atoms with Crippen molar-refractivity contribution in [1.29, 1.82) is 0 Å². The molecule has 2 atom stereocenters. The van der Waals surface area contributed by atoms with Crippen LogP contribution < -0.4 is 0 Å². The lowest BCUT2D eigenvalue weighted by molar-refractivity contribution is -0.510. The van der Waals surface area contributed by atoms with E-state index in [2.05, 4.69) is 0 Å². The molecule has 2 unspecified atom stereocenters. The Morgan fingerprint density at radius 3 is 2.73 bits per heavy atom. The summed E-state index contributed by atoms with van der Waals surface area (Å²) in [4.78, 5) is 20.8. The van der Waals surface area contributed by atoms with Crippen LogP contribution >= 0.6 is 0 Å². The minimum Gasteiger partial charge on any atom is -0.292 e. The number of nitro groups is 1. The van der Waals surface area contributed by atoms with Crippen LogP contribution in [0.3, 0.4) is 0 Å². The van der Waals surface area contributed by atoms with Gasteiger partial charge in [-0.3, -0.25) is 14.9 Å². The third kappa shape index (κ3) is 1.76. The Balaban J connectivity index is 2.61. The second kappa shape index (κ2) is 2.98. The summed E-state index contributed by atoms with van der Waals surface area (Å²) in [5.41, 5.74) is 0. The molecule has 0 N–H and O–H groups in total. The van der Waals surface area contributed by atoms with Crippen molar-refractivity contribution in [2.45, 2.75) is 32.2 Å². The van der Waals surface area contributed by atoms with Gasteiger partial charge in [-0.2, -0.15) is 0 Å². The van der Waals surface area contributed by atoms with Gasteiger partial charge in [0.15, 0.2) is 0 Å². The van der Waals surface area contributed by atoms with Gasteiger partial charge >= 0.3 is 0 Å². The Hall–Kier alpha value is -0.930. The summed E-state index contributed by atoms with van der Waals surface area (Å²) in [6.45, 7) is 1.95. The Kier molecular flexibility index (Phi) is 2.22. The fourth-order valence-corrected chi connectivity index (χ4v) is 1.39. The van der Waals surface area contributed by atoms with E-state index in [1.54, 1.807) is 0 Å². The van der Waals surface area contributed by atoms with Crippen LogP contribution in [0.1, 0.15) is 26.2 Å². The maximum absolute atomic E-state index is 10.9. The average Bonchev–Trinajstić information content (AvgIpc) is 1.94. The molecule has 0 aromatic carbocycles. The van der Waals surface area contributed by atoms with Gasteiger partial charge in [0.25, 0.3) is 6.04 Å². The highest BCUT2D eigenvalue weighted by molar-refractivity contribution is 5.83. The molecular formula is C7H11NO3. The predicted molar refractivity (Wildman–Crippen MR) is 38.8 cm³/mol. The Morgan fingerprint density at radius 2 is 2.27 bits per heavy atom. The predicted octanol–water partition coefficient (Wildman–Crippen LogP) is 1.02. The number of hydrogen-bond acceptors (Lipinski definition) is 3. The average molecular weight is 157 g/mol. The van der Waals surface area contributed by atoms with Gasteiger partial charge < -0.3 is 0 Å². The van der Waals surface area contributed by atoms with E-state index >= 15 is 0 Å². The number of carbonyl (C=O) groups is 1. The van der Waals surface area contributed by atoms with E-state index in [9.17, 15) is 14.9 Å². The zero-order valence-electron chi connectivity index (χ0n) is 6.45. The third-order valence-electron chi connectivity index (χ3n) is 2.14. The smallest absolute Gasteiger partial charge is 0.270 e. The number of hydrogen-bond donors (Lipinski definition) is 0. The molecule has 0 bridgehead atoms. The molecular weight excluding hydrogens is 146 g/mol. The summed E-state index contributed by atoms with van der Waals surface area (Å²) in [6.07, 6.45) is 1.61. The molecule has 0 amide bonds. The summed E-state index contributed by atoms with van der Waals surface area (Å²) in [5.74, 6) is 0.121. The molecule has 1 rings (SSSR count). The van der Waals surface area contributed by atoms with E-state index in [1.807, 2.05) is 6.92 Å². The SMILES string of the molecule is CC1CCC(=O)C([N+](=O)[O-])C1. The first-order valence-corrected chi connectivity index (χ1v) is 3.77. The van der Waals surface area contributed by atoms with E-state index in [1.165, 1.54) is 0 Å². The van der Waals surface area contributed by atoms with Gasteiger partial charge in [0, 0.05) is 17.8 Å². The normalized spacial score (nSPS) is 31.9. The second-order valence-electron chi connectivity index (χ2n) is 3.15. The summed E-state index contributed by atoms with van der Waals surface area (Å²) >= 11 is 0. The van der Waals surface area contributed by atoms with E-state index in [4.69, 9.17) is 0 Å². The molecule has 4 heteroatoms. The van der Waals surface area contributed by atoms with Crippen molar-refractivity contribution in [3.8, 4) is 0 Å². The molecule has 1 saturated carbocycles. The van der Waals surface area contributed by atoms with Crippen molar-refractivity contribution in [2.75, 3.05) is 0 Å². The zero-order valence-corrected chi connectivity index (χ0v) is 6.45. The molecule has 1 aliphatic rings. The number of Topliss-reactive ketones (excluding diaryl/α,β-unsaturated/α-hetero) is 1. The van der Waals surface area contributed by atoms with E-state index in [0.717, 1.165) is 6.42 Å². The van der Waals surface area contributed by atoms with Crippen LogP contribution in [0.15, 0.2) is 0 Å². The molecule has 62 valence electrons. The van der Waals surface area contributed by atoms with Gasteiger partial charge in [-0.05, 0) is 12.3 Å². The summed E-state index contributed by atoms with van der Waals surface area (Å²) in [5, 5.41) is 10.3. The fraction of sp³-hybridized carbons (Fsp3) is 0.857. The molecule has 4 nitrogen and oxygen atoms in total. The first-order valence-electron chi connectivity index (χ1n) is 3.77. The third-order valence-corrected chi connectivity index (χ3v) is 2.14. The van der Waals surface area contributed by atoms with Crippen molar-refractivity contribution in [2.24, 2.45) is 5.92 Å². The van der Waals surface area contributed by atoms with Gasteiger partial charge in [0.1, 0.15) is 0 Å². The van der Waals surface area contributed by atoms with Crippen molar-refractivity contribution in [3.63, 3.8) is 0 Å². The largest absolute Gasteiger partial charge is 0.292 e. The van der Waals surface area contributed by atoms with Crippen LogP contribution in [-0.2, 0) is 4.79 Å². The van der Waals surface area contributed by atoms with Crippen LogP contribution in [0.25, 0.3) is 0 Å². The highest BCUT2D eigenvalue weighted by Gasteiger charge is 2.34. The van der Waals surface area contributed by atoms with Crippen LogP contribution in [0.5, 0.6) is 0 Å². The number of carbonyl (C=O) groups excluding carboxylic acids is 1.